The van der Waals surface area contributed by atoms with E-state index in [4.69, 9.17) is 4.74 Å². The Morgan fingerprint density at radius 3 is 3.14 bits per heavy atom. The Balaban J connectivity index is 1.74. The number of fused-ring (bicyclic) bond motifs is 1. The number of ether oxygens (including phenoxy) is 1. The number of carbonyl (C=O) groups excluding carboxylic acids is 1. The molecule has 0 unspecified atom stereocenters. The first-order valence-electron chi connectivity index (χ1n) is 7.79. The van der Waals surface area contributed by atoms with Crippen molar-refractivity contribution in [3.05, 3.63) is 29.6 Å². The minimum atomic E-state index is -0.297. The summed E-state index contributed by atoms with van der Waals surface area (Å²) in [5.74, 6) is 2.46. The number of nitrogens with zero attached hydrogens (tertiary/aromatic N) is 1. The first-order valence-corrected chi connectivity index (χ1v) is 8.95. The number of nitrogens with one attached hydrogen (secondary N) is 1. The third kappa shape index (κ3) is 3.66. The highest BCUT2D eigenvalue weighted by atomic mass is 32.2. The normalized spacial score (nSPS) is 22.0. The van der Waals surface area contributed by atoms with Crippen LogP contribution in [0.2, 0.25) is 0 Å². The first-order chi connectivity index (χ1) is 10.7. The van der Waals surface area contributed by atoms with Crippen molar-refractivity contribution >= 4 is 17.8 Å². The average molecular weight is 324 g/mol. The standard InChI is InChI=1S/C16H21FN2O2S/c17-12-4-5-15-13(11-12)14(3-1-8-21-15)18-16(20)19-6-2-9-22-10-7-19/h4-5,11,14H,1-3,6-10H2,(H,18,20)/t14-/m0/s1. The molecule has 0 spiro atoms. The van der Waals surface area contributed by atoms with Crippen LogP contribution in [0, 0.1) is 5.82 Å². The zero-order valence-corrected chi connectivity index (χ0v) is 13.3. The molecule has 2 amide bonds. The maximum absolute atomic E-state index is 13.6. The number of thioether (sulfide) groups is 1. The van der Waals surface area contributed by atoms with Crippen molar-refractivity contribution in [2.45, 2.75) is 25.3 Å². The number of amides is 2. The molecular weight excluding hydrogens is 303 g/mol. The van der Waals surface area contributed by atoms with E-state index in [1.54, 1.807) is 6.07 Å². The van der Waals surface area contributed by atoms with Gasteiger partial charge in [0.2, 0.25) is 0 Å². The molecule has 22 heavy (non-hydrogen) atoms. The van der Waals surface area contributed by atoms with Crippen LogP contribution in [-0.2, 0) is 0 Å². The molecule has 4 nitrogen and oxygen atoms in total. The van der Waals surface area contributed by atoms with Crippen molar-refractivity contribution in [1.82, 2.24) is 10.2 Å². The highest BCUT2D eigenvalue weighted by molar-refractivity contribution is 7.99. The predicted molar refractivity (Wildman–Crippen MR) is 85.9 cm³/mol. The summed E-state index contributed by atoms with van der Waals surface area (Å²) in [5.41, 5.74) is 0.745. The van der Waals surface area contributed by atoms with E-state index in [0.29, 0.717) is 12.4 Å². The average Bonchev–Trinajstić information content (AvgIpc) is 2.89. The van der Waals surface area contributed by atoms with Crippen LogP contribution in [0.5, 0.6) is 5.75 Å². The lowest BCUT2D eigenvalue weighted by Crippen LogP contribution is -2.42. The quantitative estimate of drug-likeness (QED) is 0.862. The summed E-state index contributed by atoms with van der Waals surface area (Å²) >= 11 is 1.89. The van der Waals surface area contributed by atoms with Crippen molar-refractivity contribution in [3.8, 4) is 5.75 Å². The molecule has 2 heterocycles. The fraction of sp³-hybridized carbons (Fsp3) is 0.562. The van der Waals surface area contributed by atoms with E-state index in [2.05, 4.69) is 5.32 Å². The molecule has 1 aromatic rings. The molecule has 2 aliphatic heterocycles. The number of benzene rings is 1. The summed E-state index contributed by atoms with van der Waals surface area (Å²) in [6, 6.07) is 4.29. The summed E-state index contributed by atoms with van der Waals surface area (Å²) in [4.78, 5) is 14.4. The second kappa shape index (κ2) is 7.22. The molecule has 3 rings (SSSR count). The summed E-state index contributed by atoms with van der Waals surface area (Å²) in [6.45, 7) is 2.17. The van der Waals surface area contributed by atoms with Crippen LogP contribution in [0.4, 0.5) is 9.18 Å². The smallest absolute Gasteiger partial charge is 0.317 e. The van der Waals surface area contributed by atoms with Crippen molar-refractivity contribution < 1.29 is 13.9 Å². The van der Waals surface area contributed by atoms with E-state index in [-0.39, 0.29) is 17.9 Å². The van der Waals surface area contributed by atoms with E-state index < -0.39 is 0 Å². The number of halogens is 1. The van der Waals surface area contributed by atoms with Gasteiger partial charge in [-0.3, -0.25) is 0 Å². The van der Waals surface area contributed by atoms with Gasteiger partial charge in [-0.15, -0.1) is 0 Å². The van der Waals surface area contributed by atoms with Gasteiger partial charge < -0.3 is 15.0 Å². The Bertz CT molecular complexity index is 533. The molecule has 0 aromatic heterocycles. The summed E-state index contributed by atoms with van der Waals surface area (Å²) in [7, 11) is 0. The molecule has 1 N–H and O–H groups in total. The van der Waals surface area contributed by atoms with Crippen molar-refractivity contribution in [2.75, 3.05) is 31.2 Å². The Kier molecular flexibility index (Phi) is 5.08. The summed E-state index contributed by atoms with van der Waals surface area (Å²) in [5, 5.41) is 3.07. The van der Waals surface area contributed by atoms with E-state index in [1.807, 2.05) is 16.7 Å². The Morgan fingerprint density at radius 2 is 2.23 bits per heavy atom. The fourth-order valence-corrected chi connectivity index (χ4v) is 3.77. The number of hydrogen-bond donors (Lipinski definition) is 1. The van der Waals surface area contributed by atoms with Gasteiger partial charge in [0.15, 0.2) is 0 Å². The molecule has 6 heteroatoms. The van der Waals surface area contributed by atoms with Crippen LogP contribution in [-0.4, -0.2) is 42.1 Å². The van der Waals surface area contributed by atoms with Gasteiger partial charge >= 0.3 is 6.03 Å². The Morgan fingerprint density at radius 1 is 1.32 bits per heavy atom. The molecule has 0 aliphatic carbocycles. The second-order valence-corrected chi connectivity index (χ2v) is 6.85. The molecule has 0 radical (unpaired) electrons. The highest BCUT2D eigenvalue weighted by Crippen LogP contribution is 2.32. The Labute approximate surface area is 134 Å². The lowest BCUT2D eigenvalue weighted by Gasteiger charge is -2.25. The fourth-order valence-electron chi connectivity index (χ4n) is 2.89. The second-order valence-electron chi connectivity index (χ2n) is 5.63. The first kappa shape index (κ1) is 15.5. The number of urea groups is 1. The van der Waals surface area contributed by atoms with Gasteiger partial charge in [0.05, 0.1) is 12.6 Å². The molecule has 0 saturated carbocycles. The van der Waals surface area contributed by atoms with Gasteiger partial charge in [-0.05, 0) is 43.2 Å². The van der Waals surface area contributed by atoms with Crippen molar-refractivity contribution in [2.24, 2.45) is 0 Å². The van der Waals surface area contributed by atoms with Gasteiger partial charge in [-0.25, -0.2) is 9.18 Å². The lowest BCUT2D eigenvalue weighted by molar-refractivity contribution is 0.197. The zero-order chi connectivity index (χ0) is 15.4. The minimum Gasteiger partial charge on any atom is -0.493 e. The molecule has 1 aromatic carbocycles. The van der Waals surface area contributed by atoms with Gasteiger partial charge in [0.25, 0.3) is 0 Å². The summed E-state index contributed by atoms with van der Waals surface area (Å²) in [6.07, 6.45) is 2.64. The van der Waals surface area contributed by atoms with E-state index in [0.717, 1.165) is 49.4 Å². The molecule has 1 saturated heterocycles. The number of carbonyl (C=O) groups is 1. The molecule has 2 aliphatic rings. The third-order valence-electron chi connectivity index (χ3n) is 4.05. The molecule has 0 bridgehead atoms. The predicted octanol–water partition coefficient (Wildman–Crippen LogP) is 3.19. The monoisotopic (exact) mass is 324 g/mol. The largest absolute Gasteiger partial charge is 0.493 e. The summed E-state index contributed by atoms with van der Waals surface area (Å²) < 4.78 is 19.2. The van der Waals surface area contributed by atoms with E-state index in [9.17, 15) is 9.18 Å². The number of rotatable bonds is 1. The molecule has 1 atom stereocenters. The molecular formula is C16H21FN2O2S. The van der Waals surface area contributed by atoms with Gasteiger partial charge in [-0.1, -0.05) is 0 Å². The van der Waals surface area contributed by atoms with E-state index in [1.165, 1.54) is 12.1 Å². The highest BCUT2D eigenvalue weighted by Gasteiger charge is 2.24. The van der Waals surface area contributed by atoms with Crippen molar-refractivity contribution in [1.29, 1.82) is 0 Å². The topological polar surface area (TPSA) is 41.6 Å². The van der Waals surface area contributed by atoms with Crippen LogP contribution >= 0.6 is 11.8 Å². The van der Waals surface area contributed by atoms with Crippen LogP contribution in [0.1, 0.15) is 30.9 Å². The third-order valence-corrected chi connectivity index (χ3v) is 5.10. The SMILES string of the molecule is O=C(N[C@H]1CCCOc2ccc(F)cc21)N1CCCSCC1. The van der Waals surface area contributed by atoms with Gasteiger partial charge in [0.1, 0.15) is 11.6 Å². The minimum absolute atomic E-state index is 0.0513. The Hall–Kier alpha value is -1.43. The molecule has 1 fully saturated rings. The van der Waals surface area contributed by atoms with Crippen LogP contribution in [0.3, 0.4) is 0 Å². The maximum atomic E-state index is 13.6. The van der Waals surface area contributed by atoms with Gasteiger partial charge in [0, 0.05) is 24.4 Å². The van der Waals surface area contributed by atoms with E-state index >= 15 is 0 Å². The lowest BCUT2D eigenvalue weighted by atomic mass is 10.0. The maximum Gasteiger partial charge on any atom is 0.317 e. The molecule has 120 valence electrons. The zero-order valence-electron chi connectivity index (χ0n) is 12.5. The number of hydrogen-bond acceptors (Lipinski definition) is 3. The van der Waals surface area contributed by atoms with Crippen molar-refractivity contribution in [3.63, 3.8) is 0 Å². The van der Waals surface area contributed by atoms with Crippen LogP contribution < -0.4 is 10.1 Å². The van der Waals surface area contributed by atoms with Crippen LogP contribution in [0.15, 0.2) is 18.2 Å². The van der Waals surface area contributed by atoms with Crippen LogP contribution in [0.25, 0.3) is 0 Å². The van der Waals surface area contributed by atoms with Gasteiger partial charge in [-0.2, -0.15) is 11.8 Å².